The molecule has 0 spiro atoms. The summed E-state index contributed by atoms with van der Waals surface area (Å²) in [5.41, 5.74) is 2.27. The van der Waals surface area contributed by atoms with E-state index in [-0.39, 0.29) is 5.91 Å². The van der Waals surface area contributed by atoms with Crippen molar-refractivity contribution in [1.29, 1.82) is 0 Å². The summed E-state index contributed by atoms with van der Waals surface area (Å²) in [6.45, 7) is 6.26. The van der Waals surface area contributed by atoms with Crippen LogP contribution in [0, 0.1) is 13.8 Å². The highest BCUT2D eigenvalue weighted by atomic mass is 16.5. The van der Waals surface area contributed by atoms with Gasteiger partial charge in [-0.2, -0.15) is 0 Å². The number of ether oxygens (including phenoxy) is 1. The van der Waals surface area contributed by atoms with Crippen molar-refractivity contribution < 1.29 is 9.53 Å². The van der Waals surface area contributed by atoms with Crippen molar-refractivity contribution in [3.8, 4) is 5.75 Å². The minimum absolute atomic E-state index is 0.0593. The average molecular weight is 276 g/mol. The van der Waals surface area contributed by atoms with E-state index in [2.05, 4.69) is 16.7 Å². The zero-order chi connectivity index (χ0) is 14.4. The normalized spacial score (nSPS) is 18.0. The molecule has 4 heteroatoms. The van der Waals surface area contributed by atoms with Crippen molar-refractivity contribution in [2.75, 3.05) is 19.7 Å². The number of hydrogen-bond acceptors (Lipinski definition) is 3. The van der Waals surface area contributed by atoms with E-state index in [4.69, 9.17) is 4.74 Å². The molecule has 20 heavy (non-hydrogen) atoms. The molecule has 1 aliphatic rings. The van der Waals surface area contributed by atoms with Gasteiger partial charge in [0, 0.05) is 12.6 Å². The zero-order valence-electron chi connectivity index (χ0n) is 12.4. The molecule has 1 aromatic rings. The summed E-state index contributed by atoms with van der Waals surface area (Å²) < 4.78 is 5.68. The molecule has 0 radical (unpaired) electrons. The summed E-state index contributed by atoms with van der Waals surface area (Å²) in [5, 5.41) is 6.32. The first-order valence-electron chi connectivity index (χ1n) is 7.35. The Kier molecular flexibility index (Phi) is 5.41. The first kappa shape index (κ1) is 14.9. The molecule has 1 fully saturated rings. The predicted molar refractivity (Wildman–Crippen MR) is 80.1 cm³/mol. The Morgan fingerprint density at radius 2 is 2.30 bits per heavy atom. The Morgan fingerprint density at radius 3 is 3.05 bits per heavy atom. The van der Waals surface area contributed by atoms with E-state index in [0.717, 1.165) is 30.8 Å². The minimum atomic E-state index is 0.0593. The largest absolute Gasteiger partial charge is 0.493 e. The van der Waals surface area contributed by atoms with Gasteiger partial charge in [-0.15, -0.1) is 0 Å². The van der Waals surface area contributed by atoms with Gasteiger partial charge in [-0.1, -0.05) is 12.1 Å². The number of aryl methyl sites for hydroxylation is 2. The molecule has 1 aliphatic heterocycles. The molecule has 0 aromatic heterocycles. The molecule has 0 saturated carbocycles. The maximum absolute atomic E-state index is 11.7. The highest BCUT2D eigenvalue weighted by molar-refractivity contribution is 5.76. The summed E-state index contributed by atoms with van der Waals surface area (Å²) in [6, 6.07) is 6.55. The lowest BCUT2D eigenvalue weighted by molar-refractivity contribution is -0.121. The van der Waals surface area contributed by atoms with Crippen LogP contribution in [0.4, 0.5) is 0 Å². The Labute approximate surface area is 120 Å². The third kappa shape index (κ3) is 4.53. The van der Waals surface area contributed by atoms with Gasteiger partial charge in [-0.05, 0) is 50.4 Å². The van der Waals surface area contributed by atoms with E-state index < -0.39 is 0 Å². The molecule has 1 heterocycles. The maximum atomic E-state index is 11.7. The third-order valence-electron chi connectivity index (χ3n) is 3.64. The van der Waals surface area contributed by atoms with Crippen molar-refractivity contribution >= 4 is 5.91 Å². The highest BCUT2D eigenvalue weighted by Gasteiger charge is 2.14. The van der Waals surface area contributed by atoms with Gasteiger partial charge in [0.1, 0.15) is 5.75 Å². The first-order valence-corrected chi connectivity index (χ1v) is 7.35. The molecule has 1 saturated heterocycles. The predicted octanol–water partition coefficient (Wildman–Crippen LogP) is 1.94. The second-order valence-electron chi connectivity index (χ2n) is 5.46. The van der Waals surface area contributed by atoms with E-state index in [1.807, 2.05) is 26.0 Å². The topological polar surface area (TPSA) is 50.4 Å². The quantitative estimate of drug-likeness (QED) is 0.835. The molecule has 1 unspecified atom stereocenters. The van der Waals surface area contributed by atoms with Gasteiger partial charge < -0.3 is 15.4 Å². The van der Waals surface area contributed by atoms with Crippen molar-refractivity contribution in [3.05, 3.63) is 29.3 Å². The van der Waals surface area contributed by atoms with E-state index in [1.165, 1.54) is 12.0 Å². The molecule has 1 atom stereocenters. The first-order chi connectivity index (χ1) is 9.65. The van der Waals surface area contributed by atoms with Gasteiger partial charge in [0.2, 0.25) is 5.91 Å². The van der Waals surface area contributed by atoms with E-state index in [0.29, 0.717) is 19.1 Å². The SMILES string of the molecule is Cc1ccc(C)c(OCCC(=O)NCC2CCCN2)c1. The van der Waals surface area contributed by atoms with Crippen LogP contribution in [0.1, 0.15) is 30.4 Å². The third-order valence-corrected chi connectivity index (χ3v) is 3.64. The molecule has 4 nitrogen and oxygen atoms in total. The molecule has 1 amide bonds. The number of carbonyl (C=O) groups is 1. The number of carbonyl (C=O) groups excluding carboxylic acids is 1. The number of hydrogen-bond donors (Lipinski definition) is 2. The standard InChI is InChI=1S/C16H24N2O2/c1-12-5-6-13(2)15(10-12)20-9-7-16(19)18-11-14-4-3-8-17-14/h5-6,10,14,17H,3-4,7-9,11H2,1-2H3,(H,18,19). The fraction of sp³-hybridized carbons (Fsp3) is 0.562. The van der Waals surface area contributed by atoms with Gasteiger partial charge in [0.25, 0.3) is 0 Å². The van der Waals surface area contributed by atoms with Crippen LogP contribution < -0.4 is 15.4 Å². The summed E-state index contributed by atoms with van der Waals surface area (Å²) in [4.78, 5) is 11.7. The summed E-state index contributed by atoms with van der Waals surface area (Å²) >= 11 is 0. The van der Waals surface area contributed by atoms with Crippen LogP contribution >= 0.6 is 0 Å². The summed E-state index contributed by atoms with van der Waals surface area (Å²) in [7, 11) is 0. The fourth-order valence-electron chi connectivity index (χ4n) is 2.37. The molecule has 2 rings (SSSR count). The van der Waals surface area contributed by atoms with Crippen molar-refractivity contribution in [3.63, 3.8) is 0 Å². The van der Waals surface area contributed by atoms with E-state index >= 15 is 0 Å². The molecule has 0 aliphatic carbocycles. The van der Waals surface area contributed by atoms with Gasteiger partial charge in [-0.3, -0.25) is 4.79 Å². The second kappa shape index (κ2) is 7.29. The van der Waals surface area contributed by atoms with Crippen LogP contribution in [0.2, 0.25) is 0 Å². The Balaban J connectivity index is 1.66. The van der Waals surface area contributed by atoms with Crippen LogP contribution in [-0.2, 0) is 4.79 Å². The molecular weight excluding hydrogens is 252 g/mol. The van der Waals surface area contributed by atoms with Crippen LogP contribution in [0.15, 0.2) is 18.2 Å². The average Bonchev–Trinajstić information content (AvgIpc) is 2.93. The van der Waals surface area contributed by atoms with Crippen molar-refractivity contribution in [1.82, 2.24) is 10.6 Å². The number of benzene rings is 1. The van der Waals surface area contributed by atoms with Gasteiger partial charge in [0.15, 0.2) is 0 Å². The summed E-state index contributed by atoms with van der Waals surface area (Å²) in [6.07, 6.45) is 2.76. The Bertz CT molecular complexity index is 454. The zero-order valence-corrected chi connectivity index (χ0v) is 12.4. The lowest BCUT2D eigenvalue weighted by Crippen LogP contribution is -2.37. The monoisotopic (exact) mass is 276 g/mol. The number of rotatable bonds is 6. The van der Waals surface area contributed by atoms with E-state index in [1.54, 1.807) is 0 Å². The Morgan fingerprint density at radius 1 is 1.45 bits per heavy atom. The maximum Gasteiger partial charge on any atom is 0.223 e. The number of amides is 1. The van der Waals surface area contributed by atoms with Gasteiger partial charge >= 0.3 is 0 Å². The molecule has 2 N–H and O–H groups in total. The Hall–Kier alpha value is -1.55. The lowest BCUT2D eigenvalue weighted by atomic mass is 10.1. The van der Waals surface area contributed by atoms with Gasteiger partial charge in [0.05, 0.1) is 13.0 Å². The molecular formula is C16H24N2O2. The van der Waals surface area contributed by atoms with E-state index in [9.17, 15) is 4.79 Å². The smallest absolute Gasteiger partial charge is 0.223 e. The molecule has 110 valence electrons. The minimum Gasteiger partial charge on any atom is -0.493 e. The number of nitrogens with one attached hydrogen (secondary N) is 2. The van der Waals surface area contributed by atoms with Crippen LogP contribution in [0.25, 0.3) is 0 Å². The van der Waals surface area contributed by atoms with Crippen LogP contribution in [-0.4, -0.2) is 31.6 Å². The van der Waals surface area contributed by atoms with Crippen molar-refractivity contribution in [2.24, 2.45) is 0 Å². The van der Waals surface area contributed by atoms with Crippen LogP contribution in [0.5, 0.6) is 5.75 Å². The second-order valence-corrected chi connectivity index (χ2v) is 5.46. The molecule has 0 bridgehead atoms. The lowest BCUT2D eigenvalue weighted by Gasteiger charge is -2.12. The van der Waals surface area contributed by atoms with Crippen LogP contribution in [0.3, 0.4) is 0 Å². The van der Waals surface area contributed by atoms with Crippen molar-refractivity contribution in [2.45, 2.75) is 39.2 Å². The summed E-state index contributed by atoms with van der Waals surface area (Å²) in [5.74, 6) is 0.930. The molecule has 1 aromatic carbocycles. The van der Waals surface area contributed by atoms with Gasteiger partial charge in [-0.25, -0.2) is 0 Å². The highest BCUT2D eigenvalue weighted by Crippen LogP contribution is 2.19. The fourth-order valence-corrected chi connectivity index (χ4v) is 2.37.